The molecule has 3 rings (SSSR count). The number of benzene rings is 1. The largest absolute Gasteiger partial charge is 0.496 e. The van der Waals surface area contributed by atoms with E-state index in [1.807, 2.05) is 0 Å². The lowest BCUT2D eigenvalue weighted by molar-refractivity contribution is -0.129. The van der Waals surface area contributed by atoms with Crippen molar-refractivity contribution in [3.8, 4) is 18.1 Å². The maximum absolute atomic E-state index is 12.8. The number of aromatic nitrogens is 1. The minimum Gasteiger partial charge on any atom is -0.496 e. The number of carbonyl (C=O) groups excluding carboxylic acids is 4. The number of nitrogens with two attached hydrogens (primary N) is 1. The number of methoxy groups -OCH3 is 1. The third kappa shape index (κ3) is 5.00. The van der Waals surface area contributed by atoms with Crippen molar-refractivity contribution in [3.63, 3.8) is 0 Å². The molecule has 1 saturated heterocycles. The summed E-state index contributed by atoms with van der Waals surface area (Å²) in [6, 6.07) is 4.78. The molecule has 6 N–H and O–H groups in total. The summed E-state index contributed by atoms with van der Waals surface area (Å²) in [6.45, 7) is 0.508. The minimum atomic E-state index is -1.10. The normalized spacial score (nSPS) is 17.1. The van der Waals surface area contributed by atoms with Crippen molar-refractivity contribution in [1.29, 1.82) is 0 Å². The number of amides is 4. The van der Waals surface area contributed by atoms with Gasteiger partial charge in [0.15, 0.2) is 0 Å². The van der Waals surface area contributed by atoms with E-state index in [1.54, 1.807) is 24.3 Å². The van der Waals surface area contributed by atoms with E-state index in [-0.39, 0.29) is 24.4 Å². The van der Waals surface area contributed by atoms with Crippen LogP contribution in [-0.4, -0.2) is 54.4 Å². The number of aromatic amines is 1. The molecule has 10 heteroatoms. The number of ether oxygens (including phenoxy) is 1. The molecule has 1 aromatic carbocycles. The fourth-order valence-corrected chi connectivity index (χ4v) is 3.66. The predicted octanol–water partition coefficient (Wildman–Crippen LogP) is -0.205. The molecule has 4 amide bonds. The summed E-state index contributed by atoms with van der Waals surface area (Å²) in [5.41, 5.74) is 6.32. The molecule has 1 fully saturated rings. The van der Waals surface area contributed by atoms with Crippen molar-refractivity contribution in [2.24, 2.45) is 11.7 Å². The zero-order valence-corrected chi connectivity index (χ0v) is 17.6. The van der Waals surface area contributed by atoms with E-state index in [0.717, 1.165) is 0 Å². The topological polar surface area (TPSA) is 155 Å². The van der Waals surface area contributed by atoms with Crippen LogP contribution < -0.4 is 26.4 Å². The van der Waals surface area contributed by atoms with Gasteiger partial charge in [-0.15, -0.1) is 12.3 Å². The molecule has 3 atom stereocenters. The minimum absolute atomic E-state index is 0.0748. The van der Waals surface area contributed by atoms with Gasteiger partial charge in [-0.25, -0.2) is 0 Å². The number of H-pyrrole nitrogens is 1. The highest BCUT2D eigenvalue weighted by molar-refractivity contribution is 6.02. The van der Waals surface area contributed by atoms with Crippen molar-refractivity contribution >= 4 is 34.5 Å². The summed E-state index contributed by atoms with van der Waals surface area (Å²) < 4.78 is 5.29. The molecule has 1 aliphatic rings. The first-order valence-electron chi connectivity index (χ1n) is 10.1. The quantitative estimate of drug-likeness (QED) is 0.342. The van der Waals surface area contributed by atoms with Crippen molar-refractivity contribution in [1.82, 2.24) is 20.9 Å². The number of hydrogen-bond acceptors (Lipinski definition) is 5. The molecule has 2 aromatic rings. The lowest BCUT2D eigenvalue weighted by Gasteiger charge is -2.22. The highest BCUT2D eigenvalue weighted by atomic mass is 16.5. The Bertz CT molecular complexity index is 1090. The molecular weight excluding hydrogens is 414 g/mol. The maximum atomic E-state index is 12.8. The molecule has 0 bridgehead atoms. The van der Waals surface area contributed by atoms with Crippen LogP contribution in [-0.2, 0) is 14.4 Å². The highest BCUT2D eigenvalue weighted by Crippen LogP contribution is 2.26. The average Bonchev–Trinajstić information content (AvgIpc) is 3.38. The zero-order chi connectivity index (χ0) is 23.3. The standard InChI is InChI=1S/C22H25N5O5/c1-3-5-15(21(30)27-16(19(23)28)10-12-8-9-24-20(12)29)26-22(31)17-11-13-14(25-17)6-4-7-18(13)32-2/h1,4,6-7,11-12,15-16,25H,5,8-10H2,2H3,(H2,23,28)(H,24,29)(H,26,31)(H,27,30). The second-order valence-electron chi connectivity index (χ2n) is 7.51. The van der Waals surface area contributed by atoms with Gasteiger partial charge in [-0.05, 0) is 31.0 Å². The van der Waals surface area contributed by atoms with Crippen LogP contribution in [0, 0.1) is 18.3 Å². The predicted molar refractivity (Wildman–Crippen MR) is 116 cm³/mol. The number of nitrogens with one attached hydrogen (secondary N) is 4. The van der Waals surface area contributed by atoms with Gasteiger partial charge in [-0.3, -0.25) is 19.2 Å². The van der Waals surface area contributed by atoms with Gasteiger partial charge in [0.1, 0.15) is 23.5 Å². The van der Waals surface area contributed by atoms with Crippen LogP contribution in [0.2, 0.25) is 0 Å². The third-order valence-corrected chi connectivity index (χ3v) is 5.38. The van der Waals surface area contributed by atoms with Crippen molar-refractivity contribution in [2.75, 3.05) is 13.7 Å². The van der Waals surface area contributed by atoms with Crippen LogP contribution in [0.4, 0.5) is 0 Å². The van der Waals surface area contributed by atoms with E-state index in [9.17, 15) is 19.2 Å². The maximum Gasteiger partial charge on any atom is 0.268 e. The van der Waals surface area contributed by atoms with E-state index in [0.29, 0.717) is 29.6 Å². The van der Waals surface area contributed by atoms with Crippen LogP contribution in [0.1, 0.15) is 29.8 Å². The molecule has 3 unspecified atom stereocenters. The Hall–Kier alpha value is -4.00. The highest BCUT2D eigenvalue weighted by Gasteiger charge is 2.32. The SMILES string of the molecule is C#CCC(NC(=O)c1cc2c(OC)cccc2[nH]1)C(=O)NC(CC1CCNC1=O)C(N)=O. The number of fused-ring (bicyclic) bond motifs is 1. The van der Waals surface area contributed by atoms with E-state index < -0.39 is 35.7 Å². The van der Waals surface area contributed by atoms with Crippen molar-refractivity contribution < 1.29 is 23.9 Å². The second-order valence-corrected chi connectivity index (χ2v) is 7.51. The first-order chi connectivity index (χ1) is 15.3. The first-order valence-corrected chi connectivity index (χ1v) is 10.1. The summed E-state index contributed by atoms with van der Waals surface area (Å²) in [5.74, 6) is 0.349. The molecule has 10 nitrogen and oxygen atoms in total. The third-order valence-electron chi connectivity index (χ3n) is 5.38. The lowest BCUT2D eigenvalue weighted by Crippen LogP contribution is -2.53. The van der Waals surface area contributed by atoms with Gasteiger partial charge in [0.05, 0.1) is 7.11 Å². The molecular formula is C22H25N5O5. The summed E-state index contributed by atoms with van der Waals surface area (Å²) in [4.78, 5) is 52.2. The van der Waals surface area contributed by atoms with Gasteiger partial charge in [0.2, 0.25) is 17.7 Å². The molecule has 32 heavy (non-hydrogen) atoms. The van der Waals surface area contributed by atoms with Crippen LogP contribution >= 0.6 is 0 Å². The number of terminal acetylenes is 1. The fraction of sp³-hybridized carbons (Fsp3) is 0.364. The Morgan fingerprint density at radius 3 is 2.72 bits per heavy atom. The number of primary amides is 1. The van der Waals surface area contributed by atoms with E-state index >= 15 is 0 Å². The number of rotatable bonds is 9. The molecule has 0 saturated carbocycles. The molecule has 168 valence electrons. The lowest BCUT2D eigenvalue weighted by atomic mass is 9.97. The van der Waals surface area contributed by atoms with E-state index in [4.69, 9.17) is 16.9 Å². The summed E-state index contributed by atoms with van der Waals surface area (Å²) in [7, 11) is 1.53. The van der Waals surface area contributed by atoms with E-state index in [1.165, 1.54) is 7.11 Å². The second kappa shape index (κ2) is 9.87. The van der Waals surface area contributed by atoms with Gasteiger partial charge >= 0.3 is 0 Å². The van der Waals surface area contributed by atoms with Crippen LogP contribution in [0.5, 0.6) is 5.75 Å². The smallest absolute Gasteiger partial charge is 0.268 e. The van der Waals surface area contributed by atoms with E-state index in [2.05, 4.69) is 26.9 Å². The number of hydrogen-bond donors (Lipinski definition) is 5. The van der Waals surface area contributed by atoms with Crippen LogP contribution in [0.3, 0.4) is 0 Å². The Labute approximate surface area is 184 Å². The molecule has 1 aliphatic heterocycles. The molecule has 0 radical (unpaired) electrons. The van der Waals surface area contributed by atoms with Crippen LogP contribution in [0.15, 0.2) is 24.3 Å². The van der Waals surface area contributed by atoms with Gasteiger partial charge in [-0.2, -0.15) is 0 Å². The molecule has 1 aromatic heterocycles. The summed E-state index contributed by atoms with van der Waals surface area (Å²) in [5, 5.41) is 8.48. The van der Waals surface area contributed by atoms with Gasteiger partial charge < -0.3 is 31.4 Å². The Balaban J connectivity index is 1.71. The Morgan fingerprint density at radius 2 is 2.09 bits per heavy atom. The summed E-state index contributed by atoms with van der Waals surface area (Å²) in [6.07, 6.45) is 5.89. The fourth-order valence-electron chi connectivity index (χ4n) is 3.66. The average molecular weight is 439 g/mol. The van der Waals surface area contributed by atoms with Gasteiger partial charge in [0, 0.05) is 29.8 Å². The molecule has 2 heterocycles. The zero-order valence-electron chi connectivity index (χ0n) is 17.6. The van der Waals surface area contributed by atoms with Gasteiger partial charge in [-0.1, -0.05) is 6.07 Å². The van der Waals surface area contributed by atoms with Crippen LogP contribution in [0.25, 0.3) is 10.9 Å². The Morgan fingerprint density at radius 1 is 1.31 bits per heavy atom. The van der Waals surface area contributed by atoms with Gasteiger partial charge in [0.25, 0.3) is 5.91 Å². The van der Waals surface area contributed by atoms with Crippen molar-refractivity contribution in [2.45, 2.75) is 31.3 Å². The van der Waals surface area contributed by atoms with Crippen molar-refractivity contribution in [3.05, 3.63) is 30.0 Å². The monoisotopic (exact) mass is 439 g/mol. The molecule has 0 aliphatic carbocycles. The summed E-state index contributed by atoms with van der Waals surface area (Å²) >= 11 is 0. The first kappa shape index (κ1) is 22.7. The molecule has 0 spiro atoms. The number of carbonyl (C=O) groups is 4. The Kier molecular flexibility index (Phi) is 7.00.